The fourth-order valence-electron chi connectivity index (χ4n) is 2.73. The summed E-state index contributed by atoms with van der Waals surface area (Å²) in [5, 5.41) is 2.87. The van der Waals surface area contributed by atoms with Gasteiger partial charge in [-0.1, -0.05) is 38.3 Å². The number of unbranched alkanes of at least 4 members (excludes halogenated alkanes) is 2. The van der Waals surface area contributed by atoms with Crippen LogP contribution in [0.1, 0.15) is 39.5 Å². The van der Waals surface area contributed by atoms with E-state index in [-0.39, 0.29) is 23.7 Å². The fraction of sp³-hybridized carbons (Fsp3) is 0.529. The fourth-order valence-corrected chi connectivity index (χ4v) is 3.55. The Kier molecular flexibility index (Phi) is 5.99. The molecule has 1 unspecified atom stereocenters. The van der Waals surface area contributed by atoms with Gasteiger partial charge in [-0.15, -0.1) is 0 Å². The smallest absolute Gasteiger partial charge is 0.240 e. The van der Waals surface area contributed by atoms with Crippen molar-refractivity contribution in [2.45, 2.75) is 57.3 Å². The maximum Gasteiger partial charge on any atom is 0.240 e. The molecular formula is C17H25N3O3S. The Morgan fingerprint density at radius 2 is 2.00 bits per heavy atom. The molecule has 1 aromatic heterocycles. The summed E-state index contributed by atoms with van der Waals surface area (Å²) < 4.78 is 25.4. The first kappa shape index (κ1) is 18.4. The molecule has 0 aliphatic heterocycles. The number of para-hydroxylation sites is 2. The minimum Gasteiger partial charge on any atom is -0.352 e. The number of carbonyl (C=O) groups is 1. The summed E-state index contributed by atoms with van der Waals surface area (Å²) in [7, 11) is -3.52. The second-order valence-corrected chi connectivity index (χ2v) is 8.12. The molecule has 0 fully saturated rings. The lowest BCUT2D eigenvalue weighted by molar-refractivity contribution is -0.122. The van der Waals surface area contributed by atoms with Gasteiger partial charge in [-0.25, -0.2) is 13.4 Å². The number of amides is 1. The monoisotopic (exact) mass is 351 g/mol. The van der Waals surface area contributed by atoms with Crippen LogP contribution in [0.15, 0.2) is 29.4 Å². The summed E-state index contributed by atoms with van der Waals surface area (Å²) >= 11 is 0. The van der Waals surface area contributed by atoms with E-state index in [1.807, 2.05) is 6.92 Å². The maximum atomic E-state index is 12.3. The van der Waals surface area contributed by atoms with Crippen LogP contribution >= 0.6 is 0 Å². The molecule has 0 aliphatic carbocycles. The van der Waals surface area contributed by atoms with Crippen molar-refractivity contribution in [3.63, 3.8) is 0 Å². The van der Waals surface area contributed by atoms with Crippen LogP contribution in [0.3, 0.4) is 0 Å². The molecule has 1 heterocycles. The van der Waals surface area contributed by atoms with Crippen molar-refractivity contribution in [2.24, 2.45) is 0 Å². The minimum absolute atomic E-state index is 0.0545. The SMILES string of the molecule is CCCCCC(C)NC(=O)Cn1c(S(C)(=O)=O)nc2ccccc21. The molecule has 0 saturated carbocycles. The van der Waals surface area contributed by atoms with Gasteiger partial charge in [0.25, 0.3) is 0 Å². The standard InChI is InChI=1S/C17H25N3O3S/c1-4-5-6-9-13(2)18-16(21)12-20-15-11-8-7-10-14(15)19-17(20)24(3,22)23/h7-8,10-11,13H,4-6,9,12H2,1-3H3,(H,18,21). The minimum atomic E-state index is -3.52. The van der Waals surface area contributed by atoms with E-state index in [4.69, 9.17) is 0 Å². The second kappa shape index (κ2) is 7.79. The van der Waals surface area contributed by atoms with E-state index in [2.05, 4.69) is 17.2 Å². The normalized spacial score (nSPS) is 13.1. The Morgan fingerprint density at radius 1 is 1.29 bits per heavy atom. The Labute approximate surface area is 143 Å². The third-order valence-electron chi connectivity index (χ3n) is 3.90. The van der Waals surface area contributed by atoms with Crippen molar-refractivity contribution in [3.8, 4) is 0 Å². The van der Waals surface area contributed by atoms with Crippen molar-refractivity contribution >= 4 is 26.8 Å². The molecule has 0 radical (unpaired) electrons. The average molecular weight is 351 g/mol. The molecule has 6 nitrogen and oxygen atoms in total. The van der Waals surface area contributed by atoms with Crippen LogP contribution in [0.5, 0.6) is 0 Å². The number of nitrogens with one attached hydrogen (secondary N) is 1. The molecule has 0 spiro atoms. The van der Waals surface area contributed by atoms with E-state index < -0.39 is 9.84 Å². The van der Waals surface area contributed by atoms with E-state index in [0.717, 1.165) is 31.9 Å². The first-order chi connectivity index (χ1) is 11.3. The summed E-state index contributed by atoms with van der Waals surface area (Å²) in [5.41, 5.74) is 1.22. The van der Waals surface area contributed by atoms with Crippen molar-refractivity contribution in [1.82, 2.24) is 14.9 Å². The summed E-state index contributed by atoms with van der Waals surface area (Å²) in [4.78, 5) is 16.5. The van der Waals surface area contributed by atoms with Crippen molar-refractivity contribution < 1.29 is 13.2 Å². The number of hydrogen-bond donors (Lipinski definition) is 1. The van der Waals surface area contributed by atoms with Gasteiger partial charge in [0, 0.05) is 12.3 Å². The molecule has 7 heteroatoms. The summed E-state index contributed by atoms with van der Waals surface area (Å²) in [5.74, 6) is -0.202. The van der Waals surface area contributed by atoms with Gasteiger partial charge in [0.05, 0.1) is 11.0 Å². The third-order valence-corrected chi connectivity index (χ3v) is 4.88. The topological polar surface area (TPSA) is 81.1 Å². The van der Waals surface area contributed by atoms with Crippen molar-refractivity contribution in [2.75, 3.05) is 6.26 Å². The number of fused-ring (bicyclic) bond motifs is 1. The highest BCUT2D eigenvalue weighted by molar-refractivity contribution is 7.90. The summed E-state index contributed by atoms with van der Waals surface area (Å²) in [6.07, 6.45) is 5.38. The largest absolute Gasteiger partial charge is 0.352 e. The van der Waals surface area contributed by atoms with E-state index >= 15 is 0 Å². The number of nitrogens with zero attached hydrogens (tertiary/aromatic N) is 2. The van der Waals surface area contributed by atoms with Crippen LogP contribution in [0.4, 0.5) is 0 Å². The maximum absolute atomic E-state index is 12.3. The molecule has 0 aliphatic rings. The zero-order chi connectivity index (χ0) is 17.7. The lowest BCUT2D eigenvalue weighted by Gasteiger charge is -2.15. The first-order valence-electron chi connectivity index (χ1n) is 8.27. The molecule has 1 atom stereocenters. The number of sulfone groups is 1. The number of aromatic nitrogens is 2. The van der Waals surface area contributed by atoms with Gasteiger partial charge in [-0.2, -0.15) is 0 Å². The lowest BCUT2D eigenvalue weighted by Crippen LogP contribution is -2.35. The zero-order valence-electron chi connectivity index (χ0n) is 14.4. The van der Waals surface area contributed by atoms with Crippen LogP contribution < -0.4 is 5.32 Å². The van der Waals surface area contributed by atoms with E-state index in [9.17, 15) is 13.2 Å². The highest BCUT2D eigenvalue weighted by Gasteiger charge is 2.21. The van der Waals surface area contributed by atoms with Crippen LogP contribution in [-0.2, 0) is 21.2 Å². The molecule has 1 aromatic carbocycles. The highest BCUT2D eigenvalue weighted by Crippen LogP contribution is 2.19. The van der Waals surface area contributed by atoms with Gasteiger partial charge in [0.1, 0.15) is 6.54 Å². The van der Waals surface area contributed by atoms with Crippen LogP contribution in [0.2, 0.25) is 0 Å². The molecule has 0 saturated heterocycles. The molecule has 0 bridgehead atoms. The van der Waals surface area contributed by atoms with Gasteiger partial charge in [0.2, 0.25) is 20.9 Å². The summed E-state index contributed by atoms with van der Waals surface area (Å²) in [6, 6.07) is 7.18. The predicted octanol–water partition coefficient (Wildman–Crippen LogP) is 2.52. The Morgan fingerprint density at radius 3 is 2.67 bits per heavy atom. The predicted molar refractivity (Wildman–Crippen MR) is 94.6 cm³/mol. The number of carbonyl (C=O) groups excluding carboxylic acids is 1. The van der Waals surface area contributed by atoms with E-state index in [0.29, 0.717) is 11.0 Å². The number of rotatable bonds is 8. The molecule has 1 amide bonds. The first-order valence-corrected chi connectivity index (χ1v) is 10.2. The highest BCUT2D eigenvalue weighted by atomic mass is 32.2. The van der Waals surface area contributed by atoms with E-state index in [1.165, 1.54) is 4.57 Å². The Hall–Kier alpha value is -1.89. The molecule has 24 heavy (non-hydrogen) atoms. The van der Waals surface area contributed by atoms with Gasteiger partial charge < -0.3 is 9.88 Å². The van der Waals surface area contributed by atoms with Gasteiger partial charge in [-0.05, 0) is 25.5 Å². The second-order valence-electron chi connectivity index (χ2n) is 6.21. The summed E-state index contributed by atoms with van der Waals surface area (Å²) in [6.45, 7) is 4.05. The number of benzene rings is 1. The van der Waals surface area contributed by atoms with Crippen LogP contribution in [-0.4, -0.2) is 36.2 Å². The molecule has 2 aromatic rings. The third kappa shape index (κ3) is 4.56. The quantitative estimate of drug-likeness (QED) is 0.741. The number of hydrogen-bond acceptors (Lipinski definition) is 4. The molecule has 1 N–H and O–H groups in total. The molecule has 132 valence electrons. The van der Waals surface area contributed by atoms with Crippen LogP contribution in [0, 0.1) is 0 Å². The Balaban J connectivity index is 2.18. The van der Waals surface area contributed by atoms with Gasteiger partial charge in [0.15, 0.2) is 0 Å². The van der Waals surface area contributed by atoms with Crippen LogP contribution in [0.25, 0.3) is 11.0 Å². The lowest BCUT2D eigenvalue weighted by atomic mass is 10.1. The van der Waals surface area contributed by atoms with Gasteiger partial charge in [-0.3, -0.25) is 4.79 Å². The molecule has 2 rings (SSSR count). The van der Waals surface area contributed by atoms with Crippen molar-refractivity contribution in [1.29, 1.82) is 0 Å². The molecular weight excluding hydrogens is 326 g/mol. The average Bonchev–Trinajstić information content (AvgIpc) is 2.86. The van der Waals surface area contributed by atoms with E-state index in [1.54, 1.807) is 24.3 Å². The zero-order valence-corrected chi connectivity index (χ0v) is 15.3. The Bertz CT molecular complexity index is 812. The number of imidazole rings is 1. The van der Waals surface area contributed by atoms with Crippen molar-refractivity contribution in [3.05, 3.63) is 24.3 Å². The van der Waals surface area contributed by atoms with Gasteiger partial charge >= 0.3 is 0 Å².